The van der Waals surface area contributed by atoms with Crippen LogP contribution in [-0.2, 0) is 16.1 Å². The highest BCUT2D eigenvalue weighted by molar-refractivity contribution is 5.96. The van der Waals surface area contributed by atoms with Crippen LogP contribution in [0.1, 0.15) is 25.1 Å². The molecule has 0 saturated carbocycles. The SMILES string of the molecule is CCOC(=CC(C)=O)c1ncnc2c1ncn2Cc1ccccc1. The highest BCUT2D eigenvalue weighted by Crippen LogP contribution is 2.22. The van der Waals surface area contributed by atoms with Gasteiger partial charge in [-0.2, -0.15) is 0 Å². The Kier molecular flexibility index (Phi) is 4.65. The largest absolute Gasteiger partial charge is 0.491 e. The molecule has 2 heterocycles. The molecule has 122 valence electrons. The number of fused-ring (bicyclic) bond motifs is 1. The Balaban J connectivity index is 2.04. The van der Waals surface area contributed by atoms with Crippen molar-refractivity contribution < 1.29 is 9.53 Å². The van der Waals surface area contributed by atoms with Gasteiger partial charge in [0, 0.05) is 6.08 Å². The second kappa shape index (κ2) is 7.04. The minimum absolute atomic E-state index is 0.103. The maximum Gasteiger partial charge on any atom is 0.164 e. The van der Waals surface area contributed by atoms with Gasteiger partial charge in [0.05, 0.1) is 19.5 Å². The van der Waals surface area contributed by atoms with E-state index in [1.54, 1.807) is 6.33 Å². The van der Waals surface area contributed by atoms with E-state index in [-0.39, 0.29) is 5.78 Å². The monoisotopic (exact) mass is 322 g/mol. The number of benzene rings is 1. The normalized spacial score (nSPS) is 11.7. The molecule has 2 aromatic heterocycles. The summed E-state index contributed by atoms with van der Waals surface area (Å²) in [4.78, 5) is 24.5. The number of ether oxygens (including phenoxy) is 1. The zero-order chi connectivity index (χ0) is 16.9. The van der Waals surface area contributed by atoms with E-state index in [1.165, 1.54) is 19.3 Å². The average Bonchev–Trinajstić information content (AvgIpc) is 2.98. The molecule has 6 nitrogen and oxygen atoms in total. The lowest BCUT2D eigenvalue weighted by molar-refractivity contribution is -0.112. The van der Waals surface area contributed by atoms with Crippen LogP contribution in [0, 0.1) is 0 Å². The summed E-state index contributed by atoms with van der Waals surface area (Å²) in [5.41, 5.74) is 3.01. The molecule has 0 aliphatic rings. The number of imidazole rings is 1. The van der Waals surface area contributed by atoms with Crippen LogP contribution >= 0.6 is 0 Å². The minimum atomic E-state index is -0.103. The van der Waals surface area contributed by atoms with E-state index < -0.39 is 0 Å². The third-order valence-electron chi connectivity index (χ3n) is 3.46. The molecular formula is C18H18N4O2. The smallest absolute Gasteiger partial charge is 0.164 e. The van der Waals surface area contributed by atoms with Gasteiger partial charge in [0.1, 0.15) is 17.5 Å². The Morgan fingerprint density at radius 1 is 1.21 bits per heavy atom. The van der Waals surface area contributed by atoms with E-state index in [2.05, 4.69) is 27.1 Å². The van der Waals surface area contributed by atoms with Gasteiger partial charge in [-0.05, 0) is 19.4 Å². The molecule has 0 atom stereocenters. The van der Waals surface area contributed by atoms with Gasteiger partial charge in [-0.15, -0.1) is 0 Å². The number of carbonyl (C=O) groups excluding carboxylic acids is 1. The van der Waals surface area contributed by atoms with Crippen LogP contribution in [-0.4, -0.2) is 31.9 Å². The minimum Gasteiger partial charge on any atom is -0.491 e. The fourth-order valence-electron chi connectivity index (χ4n) is 2.48. The second-order valence-corrected chi connectivity index (χ2v) is 5.30. The summed E-state index contributed by atoms with van der Waals surface area (Å²) in [6, 6.07) is 10.1. The molecule has 0 bridgehead atoms. The fourth-order valence-corrected chi connectivity index (χ4v) is 2.48. The number of rotatable bonds is 6. The van der Waals surface area contributed by atoms with E-state index in [0.717, 1.165) is 5.56 Å². The van der Waals surface area contributed by atoms with Crippen LogP contribution < -0.4 is 0 Å². The first-order chi connectivity index (χ1) is 11.7. The van der Waals surface area contributed by atoms with Crippen LogP contribution in [0.25, 0.3) is 16.9 Å². The molecule has 0 aliphatic heterocycles. The third kappa shape index (κ3) is 3.32. The molecule has 0 fully saturated rings. The first kappa shape index (κ1) is 15.9. The Bertz CT molecular complexity index is 884. The van der Waals surface area contributed by atoms with Gasteiger partial charge in [0.15, 0.2) is 17.2 Å². The van der Waals surface area contributed by atoms with E-state index in [0.29, 0.717) is 35.8 Å². The Morgan fingerprint density at radius 3 is 2.71 bits per heavy atom. The summed E-state index contributed by atoms with van der Waals surface area (Å²) >= 11 is 0. The zero-order valence-corrected chi connectivity index (χ0v) is 13.6. The van der Waals surface area contributed by atoms with Gasteiger partial charge in [-0.25, -0.2) is 15.0 Å². The number of ketones is 1. The molecule has 0 N–H and O–H groups in total. The van der Waals surface area contributed by atoms with Crippen LogP contribution in [0.4, 0.5) is 0 Å². The standard InChI is InChI=1S/C18H18N4O2/c1-3-24-15(9-13(2)23)16-17-18(20-11-19-16)22(12-21-17)10-14-7-5-4-6-8-14/h4-9,11-12H,3,10H2,1-2H3. The fraction of sp³-hybridized carbons (Fsp3) is 0.222. The van der Waals surface area contributed by atoms with Gasteiger partial charge in [0.2, 0.25) is 0 Å². The highest BCUT2D eigenvalue weighted by atomic mass is 16.5. The van der Waals surface area contributed by atoms with Crippen LogP contribution in [0.5, 0.6) is 0 Å². The Labute approximate surface area is 139 Å². The van der Waals surface area contributed by atoms with Crippen molar-refractivity contribution >= 4 is 22.7 Å². The molecule has 3 aromatic rings. The van der Waals surface area contributed by atoms with Crippen LogP contribution in [0.2, 0.25) is 0 Å². The molecule has 24 heavy (non-hydrogen) atoms. The van der Waals surface area contributed by atoms with Crippen LogP contribution in [0.3, 0.4) is 0 Å². The number of allylic oxidation sites excluding steroid dienone is 1. The van der Waals surface area contributed by atoms with Crippen molar-refractivity contribution in [3.8, 4) is 0 Å². The Morgan fingerprint density at radius 2 is 2.00 bits per heavy atom. The van der Waals surface area contributed by atoms with Crippen molar-refractivity contribution in [2.75, 3.05) is 6.61 Å². The van der Waals surface area contributed by atoms with Crippen molar-refractivity contribution in [1.29, 1.82) is 0 Å². The quantitative estimate of drug-likeness (QED) is 0.515. The summed E-state index contributed by atoms with van der Waals surface area (Å²) in [5, 5.41) is 0. The number of hydrogen-bond acceptors (Lipinski definition) is 5. The van der Waals surface area contributed by atoms with Crippen LogP contribution in [0.15, 0.2) is 49.1 Å². The molecule has 0 aliphatic carbocycles. The molecule has 1 aromatic carbocycles. The predicted octanol–water partition coefficient (Wildman–Crippen LogP) is 2.84. The van der Waals surface area contributed by atoms with Gasteiger partial charge in [0.25, 0.3) is 0 Å². The molecule has 0 saturated heterocycles. The first-order valence-electron chi connectivity index (χ1n) is 7.74. The molecule has 0 unspecified atom stereocenters. The van der Waals surface area contributed by atoms with Crippen molar-refractivity contribution in [2.24, 2.45) is 0 Å². The van der Waals surface area contributed by atoms with Gasteiger partial charge in [-0.3, -0.25) is 4.79 Å². The predicted molar refractivity (Wildman–Crippen MR) is 91.2 cm³/mol. The molecule has 0 amide bonds. The highest BCUT2D eigenvalue weighted by Gasteiger charge is 2.15. The van der Waals surface area contributed by atoms with E-state index >= 15 is 0 Å². The van der Waals surface area contributed by atoms with E-state index in [4.69, 9.17) is 4.74 Å². The van der Waals surface area contributed by atoms with Crippen molar-refractivity contribution in [1.82, 2.24) is 19.5 Å². The molecule has 0 spiro atoms. The summed E-state index contributed by atoms with van der Waals surface area (Å²) < 4.78 is 7.53. The Hall–Kier alpha value is -3.02. The first-order valence-corrected chi connectivity index (χ1v) is 7.74. The lowest BCUT2D eigenvalue weighted by Gasteiger charge is -2.08. The van der Waals surface area contributed by atoms with Gasteiger partial charge < -0.3 is 9.30 Å². The third-order valence-corrected chi connectivity index (χ3v) is 3.46. The van der Waals surface area contributed by atoms with Gasteiger partial charge in [-0.1, -0.05) is 30.3 Å². The topological polar surface area (TPSA) is 69.9 Å². The summed E-state index contributed by atoms with van der Waals surface area (Å²) in [7, 11) is 0. The summed E-state index contributed by atoms with van der Waals surface area (Å²) in [5.74, 6) is 0.316. The number of hydrogen-bond donors (Lipinski definition) is 0. The second-order valence-electron chi connectivity index (χ2n) is 5.30. The maximum absolute atomic E-state index is 11.5. The van der Waals surface area contributed by atoms with Crippen molar-refractivity contribution in [2.45, 2.75) is 20.4 Å². The number of nitrogens with zero attached hydrogens (tertiary/aromatic N) is 4. The molecule has 0 radical (unpaired) electrons. The molecule has 3 rings (SSSR count). The maximum atomic E-state index is 11.5. The van der Waals surface area contributed by atoms with Gasteiger partial charge >= 0.3 is 0 Å². The van der Waals surface area contributed by atoms with E-state index in [1.807, 2.05) is 29.7 Å². The van der Waals surface area contributed by atoms with E-state index in [9.17, 15) is 4.79 Å². The lowest BCUT2D eigenvalue weighted by atomic mass is 10.2. The van der Waals surface area contributed by atoms with Crippen molar-refractivity contribution in [3.63, 3.8) is 0 Å². The molecular weight excluding hydrogens is 304 g/mol. The summed E-state index contributed by atoms with van der Waals surface area (Å²) in [6.07, 6.45) is 4.63. The lowest BCUT2D eigenvalue weighted by Crippen LogP contribution is -2.02. The average molecular weight is 322 g/mol. The molecule has 6 heteroatoms. The van der Waals surface area contributed by atoms with Crippen molar-refractivity contribution in [3.05, 3.63) is 60.3 Å². The number of aromatic nitrogens is 4. The number of carbonyl (C=O) groups is 1. The zero-order valence-electron chi connectivity index (χ0n) is 13.6. The summed E-state index contributed by atoms with van der Waals surface area (Å²) in [6.45, 7) is 4.44.